The van der Waals surface area contributed by atoms with Gasteiger partial charge in [0.25, 0.3) is 0 Å². The standard InChI is InChI=1S/C11H14BrN5/c1-3-4-14-10-8(12)5-15-11(16-10)9-6-13-7-17(9)2/h5-7H,3-4H2,1-2H3,(H,14,15,16). The van der Waals surface area contributed by atoms with E-state index in [1.54, 1.807) is 18.7 Å². The molecule has 1 N–H and O–H groups in total. The van der Waals surface area contributed by atoms with Crippen LogP contribution in [0.3, 0.4) is 0 Å². The van der Waals surface area contributed by atoms with Crippen LogP contribution in [-0.2, 0) is 7.05 Å². The fourth-order valence-corrected chi connectivity index (χ4v) is 1.76. The summed E-state index contributed by atoms with van der Waals surface area (Å²) in [7, 11) is 1.92. The summed E-state index contributed by atoms with van der Waals surface area (Å²) in [5, 5.41) is 3.26. The number of nitrogens with one attached hydrogen (secondary N) is 1. The predicted molar refractivity (Wildman–Crippen MR) is 70.7 cm³/mol. The fraction of sp³-hybridized carbons (Fsp3) is 0.364. The van der Waals surface area contributed by atoms with Gasteiger partial charge < -0.3 is 9.88 Å². The minimum absolute atomic E-state index is 0.673. The summed E-state index contributed by atoms with van der Waals surface area (Å²) in [6.45, 7) is 3.00. The molecule has 5 nitrogen and oxygen atoms in total. The van der Waals surface area contributed by atoms with Gasteiger partial charge in [-0.3, -0.25) is 0 Å². The molecule has 0 aromatic carbocycles. The molecule has 0 saturated carbocycles. The van der Waals surface area contributed by atoms with Gasteiger partial charge in [0.1, 0.15) is 11.5 Å². The molecule has 0 fully saturated rings. The second kappa shape index (κ2) is 5.27. The minimum atomic E-state index is 0.673. The number of hydrogen-bond donors (Lipinski definition) is 1. The normalized spacial score (nSPS) is 10.5. The van der Waals surface area contributed by atoms with Gasteiger partial charge in [-0.15, -0.1) is 0 Å². The monoisotopic (exact) mass is 295 g/mol. The molecule has 2 aromatic rings. The van der Waals surface area contributed by atoms with E-state index in [2.05, 4.69) is 43.1 Å². The number of anilines is 1. The van der Waals surface area contributed by atoms with Crippen LogP contribution in [0.5, 0.6) is 0 Å². The van der Waals surface area contributed by atoms with Gasteiger partial charge in [0.2, 0.25) is 0 Å². The summed E-state index contributed by atoms with van der Waals surface area (Å²) in [5.74, 6) is 1.49. The van der Waals surface area contributed by atoms with E-state index < -0.39 is 0 Å². The first kappa shape index (κ1) is 12.0. The molecule has 0 unspecified atom stereocenters. The molecule has 6 heteroatoms. The van der Waals surface area contributed by atoms with Crippen molar-refractivity contribution in [1.29, 1.82) is 0 Å². The maximum absolute atomic E-state index is 4.48. The van der Waals surface area contributed by atoms with Crippen LogP contribution in [0.15, 0.2) is 23.2 Å². The Kier molecular flexibility index (Phi) is 3.73. The van der Waals surface area contributed by atoms with Crippen molar-refractivity contribution in [2.45, 2.75) is 13.3 Å². The first-order valence-corrected chi connectivity index (χ1v) is 6.24. The molecule has 0 saturated heterocycles. The van der Waals surface area contributed by atoms with Crippen molar-refractivity contribution in [2.75, 3.05) is 11.9 Å². The van der Waals surface area contributed by atoms with E-state index in [4.69, 9.17) is 0 Å². The third-order valence-electron chi connectivity index (χ3n) is 2.33. The molecule has 90 valence electrons. The zero-order valence-corrected chi connectivity index (χ0v) is 11.4. The molecule has 2 rings (SSSR count). The molecule has 0 atom stereocenters. The number of rotatable bonds is 4. The Morgan fingerprint density at radius 3 is 2.88 bits per heavy atom. The third kappa shape index (κ3) is 2.63. The Morgan fingerprint density at radius 2 is 2.24 bits per heavy atom. The minimum Gasteiger partial charge on any atom is -0.369 e. The molecule has 0 radical (unpaired) electrons. The van der Waals surface area contributed by atoms with Gasteiger partial charge in [-0.2, -0.15) is 0 Å². The topological polar surface area (TPSA) is 55.6 Å². The van der Waals surface area contributed by atoms with E-state index in [1.165, 1.54) is 0 Å². The second-order valence-corrected chi connectivity index (χ2v) is 4.56. The molecular formula is C11H14BrN5. The lowest BCUT2D eigenvalue weighted by molar-refractivity contribution is 0.905. The molecule has 2 heterocycles. The van der Waals surface area contributed by atoms with Crippen molar-refractivity contribution < 1.29 is 0 Å². The highest BCUT2D eigenvalue weighted by Gasteiger charge is 2.09. The van der Waals surface area contributed by atoms with E-state index in [0.717, 1.165) is 29.0 Å². The largest absolute Gasteiger partial charge is 0.369 e. The molecule has 0 bridgehead atoms. The Hall–Kier alpha value is -1.43. The molecule has 0 aliphatic carbocycles. The Balaban J connectivity index is 2.34. The first-order valence-electron chi connectivity index (χ1n) is 5.45. The SMILES string of the molecule is CCCNc1nc(-c2cncn2C)ncc1Br. The highest BCUT2D eigenvalue weighted by Crippen LogP contribution is 2.22. The van der Waals surface area contributed by atoms with E-state index in [1.807, 2.05) is 11.6 Å². The summed E-state index contributed by atoms with van der Waals surface area (Å²) in [6.07, 6.45) is 6.30. The van der Waals surface area contributed by atoms with E-state index in [0.29, 0.717) is 5.82 Å². The Morgan fingerprint density at radius 1 is 1.41 bits per heavy atom. The average Bonchev–Trinajstić information content (AvgIpc) is 2.75. The molecule has 0 aliphatic rings. The summed E-state index contributed by atoms with van der Waals surface area (Å²) < 4.78 is 2.77. The van der Waals surface area contributed by atoms with Crippen molar-refractivity contribution in [2.24, 2.45) is 7.05 Å². The summed E-state index contributed by atoms with van der Waals surface area (Å²) >= 11 is 3.43. The van der Waals surface area contributed by atoms with Crippen molar-refractivity contribution in [3.8, 4) is 11.5 Å². The number of nitrogens with zero attached hydrogens (tertiary/aromatic N) is 4. The van der Waals surface area contributed by atoms with Gasteiger partial charge in [-0.25, -0.2) is 15.0 Å². The lowest BCUT2D eigenvalue weighted by atomic mass is 10.4. The van der Waals surface area contributed by atoms with E-state index in [-0.39, 0.29) is 0 Å². The van der Waals surface area contributed by atoms with E-state index in [9.17, 15) is 0 Å². The van der Waals surface area contributed by atoms with Gasteiger partial charge in [0.15, 0.2) is 5.82 Å². The van der Waals surface area contributed by atoms with Crippen LogP contribution in [0.25, 0.3) is 11.5 Å². The van der Waals surface area contributed by atoms with Crippen molar-refractivity contribution in [1.82, 2.24) is 19.5 Å². The zero-order valence-electron chi connectivity index (χ0n) is 9.81. The molecule has 17 heavy (non-hydrogen) atoms. The van der Waals surface area contributed by atoms with Crippen LogP contribution in [0, 0.1) is 0 Å². The van der Waals surface area contributed by atoms with Crippen molar-refractivity contribution >= 4 is 21.7 Å². The highest BCUT2D eigenvalue weighted by atomic mass is 79.9. The molecule has 0 amide bonds. The van der Waals surface area contributed by atoms with Crippen molar-refractivity contribution in [3.63, 3.8) is 0 Å². The fourth-order valence-electron chi connectivity index (χ4n) is 1.43. The zero-order chi connectivity index (χ0) is 12.3. The van der Waals surface area contributed by atoms with Crippen LogP contribution in [0.2, 0.25) is 0 Å². The lowest BCUT2D eigenvalue weighted by Crippen LogP contribution is -2.05. The Bertz CT molecular complexity index is 508. The predicted octanol–water partition coefficient (Wildman–Crippen LogP) is 2.46. The molecule has 0 spiro atoms. The van der Waals surface area contributed by atoms with Crippen LogP contribution < -0.4 is 5.32 Å². The molecule has 0 aliphatic heterocycles. The first-order chi connectivity index (χ1) is 8.22. The summed E-state index contributed by atoms with van der Waals surface area (Å²) in [5.41, 5.74) is 0.900. The third-order valence-corrected chi connectivity index (χ3v) is 2.91. The van der Waals surface area contributed by atoms with Crippen LogP contribution in [0.4, 0.5) is 5.82 Å². The smallest absolute Gasteiger partial charge is 0.179 e. The molecular weight excluding hydrogens is 282 g/mol. The lowest BCUT2D eigenvalue weighted by Gasteiger charge is -2.08. The van der Waals surface area contributed by atoms with Gasteiger partial charge >= 0.3 is 0 Å². The maximum atomic E-state index is 4.48. The quantitative estimate of drug-likeness (QED) is 0.941. The van der Waals surface area contributed by atoms with Crippen molar-refractivity contribution in [3.05, 3.63) is 23.2 Å². The van der Waals surface area contributed by atoms with Crippen LogP contribution in [0.1, 0.15) is 13.3 Å². The second-order valence-electron chi connectivity index (χ2n) is 3.71. The highest BCUT2D eigenvalue weighted by molar-refractivity contribution is 9.10. The van der Waals surface area contributed by atoms with E-state index >= 15 is 0 Å². The number of halogens is 1. The van der Waals surface area contributed by atoms with Crippen LogP contribution >= 0.6 is 15.9 Å². The maximum Gasteiger partial charge on any atom is 0.179 e. The van der Waals surface area contributed by atoms with Crippen LogP contribution in [-0.4, -0.2) is 26.1 Å². The Labute approximate surface area is 108 Å². The van der Waals surface area contributed by atoms with Gasteiger partial charge in [0.05, 0.1) is 17.0 Å². The summed E-state index contributed by atoms with van der Waals surface area (Å²) in [4.78, 5) is 12.8. The number of hydrogen-bond acceptors (Lipinski definition) is 4. The van der Waals surface area contributed by atoms with Gasteiger partial charge in [-0.05, 0) is 22.4 Å². The van der Waals surface area contributed by atoms with Gasteiger partial charge in [-0.1, -0.05) is 6.92 Å². The number of aromatic nitrogens is 4. The number of imidazole rings is 1. The average molecular weight is 296 g/mol. The van der Waals surface area contributed by atoms with Gasteiger partial charge in [0, 0.05) is 19.8 Å². The number of aryl methyl sites for hydroxylation is 1. The summed E-state index contributed by atoms with van der Waals surface area (Å²) in [6, 6.07) is 0. The molecule has 2 aromatic heterocycles.